The fraction of sp³-hybridized carbons (Fsp3) is 0.625. The van der Waals surface area contributed by atoms with Gasteiger partial charge in [0.2, 0.25) is 0 Å². The van der Waals surface area contributed by atoms with E-state index in [0.29, 0.717) is 0 Å². The van der Waals surface area contributed by atoms with E-state index in [9.17, 15) is 0 Å². The molecule has 1 aromatic rings. The fourth-order valence-corrected chi connectivity index (χ4v) is 9.17. The number of hydrogen-bond acceptors (Lipinski definition) is 1. The summed E-state index contributed by atoms with van der Waals surface area (Å²) in [6.07, 6.45) is 5.03. The predicted molar refractivity (Wildman–Crippen MR) is 106 cm³/mol. The lowest BCUT2D eigenvalue weighted by atomic mass is 10.3. The van der Waals surface area contributed by atoms with Gasteiger partial charge >= 0.3 is 0 Å². The molecule has 0 amide bonds. The van der Waals surface area contributed by atoms with Gasteiger partial charge in [-0.3, -0.25) is 0 Å². The van der Waals surface area contributed by atoms with Gasteiger partial charge < -0.3 is 4.43 Å². The molecule has 1 nitrogen and oxygen atoms in total. The van der Waals surface area contributed by atoms with Gasteiger partial charge in [0.05, 0.1) is 8.95 Å². The lowest BCUT2D eigenvalue weighted by molar-refractivity contribution is 0.512. The highest BCUT2D eigenvalue weighted by Crippen LogP contribution is 2.40. The molecule has 0 spiro atoms. The van der Waals surface area contributed by atoms with Crippen LogP contribution in [0.25, 0.3) is 0 Å². The van der Waals surface area contributed by atoms with Gasteiger partial charge in [0.1, 0.15) is 5.75 Å². The van der Waals surface area contributed by atoms with Crippen molar-refractivity contribution in [2.75, 3.05) is 0 Å². The zero-order chi connectivity index (χ0) is 15.9. The summed E-state index contributed by atoms with van der Waals surface area (Å²) in [4.78, 5) is 0. The summed E-state index contributed by atoms with van der Waals surface area (Å²) in [5.74, 6) is 0.985. The standard InChI is InChI=1S/C16H25Br3OSi/c1-4-7-9-21(6-3,10-8-5-2)20-16-14(18)11-13(17)12-15(16)19/h11-12H,4-10H2,1-3H3. The van der Waals surface area contributed by atoms with Crippen molar-refractivity contribution in [3.63, 3.8) is 0 Å². The summed E-state index contributed by atoms with van der Waals surface area (Å²) < 4.78 is 9.81. The lowest BCUT2D eigenvalue weighted by Gasteiger charge is -2.32. The molecule has 5 heteroatoms. The number of rotatable bonds is 9. The third-order valence-corrected chi connectivity index (χ3v) is 9.99. The first-order valence-electron chi connectivity index (χ1n) is 7.81. The Balaban J connectivity index is 3.04. The molecule has 0 fully saturated rings. The molecule has 0 atom stereocenters. The molecule has 0 aromatic heterocycles. The van der Waals surface area contributed by atoms with Gasteiger partial charge in [0.15, 0.2) is 0 Å². The molecule has 1 rings (SSSR count). The summed E-state index contributed by atoms with van der Waals surface area (Å²) in [6.45, 7) is 6.83. The predicted octanol–water partition coefficient (Wildman–Crippen LogP) is 7.92. The van der Waals surface area contributed by atoms with Crippen molar-refractivity contribution >= 4 is 56.1 Å². The molecule has 0 saturated carbocycles. The smallest absolute Gasteiger partial charge is 0.251 e. The Bertz CT molecular complexity index is 420. The zero-order valence-corrected chi connectivity index (χ0v) is 18.9. The molecule has 0 aliphatic carbocycles. The Kier molecular flexibility index (Phi) is 9.14. The van der Waals surface area contributed by atoms with E-state index in [1.807, 2.05) is 0 Å². The largest absolute Gasteiger partial charge is 0.542 e. The van der Waals surface area contributed by atoms with Crippen molar-refractivity contribution in [2.24, 2.45) is 0 Å². The lowest BCUT2D eigenvalue weighted by Crippen LogP contribution is -2.41. The van der Waals surface area contributed by atoms with E-state index in [1.165, 1.54) is 43.8 Å². The molecule has 0 N–H and O–H groups in total. The van der Waals surface area contributed by atoms with Crippen molar-refractivity contribution < 1.29 is 4.43 Å². The zero-order valence-electron chi connectivity index (χ0n) is 13.1. The van der Waals surface area contributed by atoms with E-state index < -0.39 is 8.32 Å². The Morgan fingerprint density at radius 1 is 0.905 bits per heavy atom. The average Bonchev–Trinajstić information content (AvgIpc) is 2.45. The Labute approximate surface area is 155 Å². The quantitative estimate of drug-likeness (QED) is 0.313. The van der Waals surface area contributed by atoms with Crippen molar-refractivity contribution in [3.8, 4) is 5.75 Å². The molecule has 0 saturated heterocycles. The molecule has 0 heterocycles. The van der Waals surface area contributed by atoms with Crippen molar-refractivity contribution in [3.05, 3.63) is 25.6 Å². The molecule has 21 heavy (non-hydrogen) atoms. The van der Waals surface area contributed by atoms with Crippen LogP contribution in [0.15, 0.2) is 25.6 Å². The Morgan fingerprint density at radius 2 is 1.38 bits per heavy atom. The van der Waals surface area contributed by atoms with Crippen LogP contribution in [0.3, 0.4) is 0 Å². The van der Waals surface area contributed by atoms with Crippen molar-refractivity contribution in [1.29, 1.82) is 0 Å². The second-order valence-electron chi connectivity index (χ2n) is 5.54. The van der Waals surface area contributed by atoms with Gasteiger partial charge in [-0.2, -0.15) is 0 Å². The van der Waals surface area contributed by atoms with Crippen LogP contribution in [0.4, 0.5) is 0 Å². The topological polar surface area (TPSA) is 9.23 Å². The van der Waals surface area contributed by atoms with Crippen LogP contribution < -0.4 is 4.43 Å². The SMILES string of the molecule is CCCC[Si](CC)(CCCC)Oc1c(Br)cc(Br)cc1Br. The Hall–Kier alpha value is 0.677. The minimum absolute atomic E-state index is 0.985. The number of hydrogen-bond donors (Lipinski definition) is 0. The maximum Gasteiger partial charge on any atom is 0.251 e. The second kappa shape index (κ2) is 9.73. The van der Waals surface area contributed by atoms with Crippen molar-refractivity contribution in [2.45, 2.75) is 64.6 Å². The van der Waals surface area contributed by atoms with Crippen LogP contribution in [0, 0.1) is 0 Å². The van der Waals surface area contributed by atoms with Crippen LogP contribution in [0.5, 0.6) is 5.75 Å². The first-order chi connectivity index (χ1) is 9.98. The van der Waals surface area contributed by atoms with E-state index in [1.54, 1.807) is 0 Å². The monoisotopic (exact) mass is 498 g/mol. The van der Waals surface area contributed by atoms with Crippen LogP contribution >= 0.6 is 47.8 Å². The van der Waals surface area contributed by atoms with Gasteiger partial charge in [-0.05, 0) is 62.1 Å². The number of unbranched alkanes of at least 4 members (excludes halogenated alkanes) is 2. The molecule has 0 radical (unpaired) electrons. The van der Waals surface area contributed by atoms with Gasteiger partial charge in [-0.1, -0.05) is 62.4 Å². The molecule has 0 unspecified atom stereocenters. The third-order valence-electron chi connectivity index (χ3n) is 3.90. The summed E-state index contributed by atoms with van der Waals surface area (Å²) in [7, 11) is -1.71. The van der Waals surface area contributed by atoms with Gasteiger partial charge in [-0.25, -0.2) is 0 Å². The molecule has 1 aromatic carbocycles. The molecule has 0 aliphatic rings. The van der Waals surface area contributed by atoms with E-state index >= 15 is 0 Å². The average molecular weight is 501 g/mol. The number of benzene rings is 1. The molecule has 120 valence electrons. The van der Waals surface area contributed by atoms with Crippen molar-refractivity contribution in [1.82, 2.24) is 0 Å². The highest BCUT2D eigenvalue weighted by molar-refractivity contribution is 9.11. The fourth-order valence-electron chi connectivity index (χ4n) is 2.49. The minimum atomic E-state index is -1.71. The maximum absolute atomic E-state index is 6.70. The third kappa shape index (κ3) is 6.00. The van der Waals surface area contributed by atoms with Gasteiger partial charge in [-0.15, -0.1) is 0 Å². The molecular formula is C16H25Br3OSi. The molecular weight excluding hydrogens is 476 g/mol. The maximum atomic E-state index is 6.70. The Morgan fingerprint density at radius 3 is 1.76 bits per heavy atom. The van der Waals surface area contributed by atoms with Crippen LogP contribution in [0.2, 0.25) is 18.1 Å². The highest BCUT2D eigenvalue weighted by atomic mass is 79.9. The first kappa shape index (κ1) is 19.7. The highest BCUT2D eigenvalue weighted by Gasteiger charge is 2.34. The second-order valence-corrected chi connectivity index (χ2v) is 12.4. The van der Waals surface area contributed by atoms with E-state index in [2.05, 4.69) is 80.7 Å². The first-order valence-corrected chi connectivity index (χ1v) is 12.7. The minimum Gasteiger partial charge on any atom is -0.542 e. The van der Waals surface area contributed by atoms with E-state index in [0.717, 1.165) is 19.2 Å². The number of halogens is 3. The summed E-state index contributed by atoms with van der Waals surface area (Å²) in [5.41, 5.74) is 0. The van der Waals surface area contributed by atoms with Crippen LogP contribution in [0.1, 0.15) is 46.5 Å². The van der Waals surface area contributed by atoms with Gasteiger partial charge in [0.25, 0.3) is 8.32 Å². The molecule has 0 bridgehead atoms. The van der Waals surface area contributed by atoms with Crippen LogP contribution in [-0.4, -0.2) is 8.32 Å². The normalized spacial score (nSPS) is 11.7. The van der Waals surface area contributed by atoms with E-state index in [4.69, 9.17) is 4.43 Å². The van der Waals surface area contributed by atoms with E-state index in [-0.39, 0.29) is 0 Å². The van der Waals surface area contributed by atoms with Crippen LogP contribution in [-0.2, 0) is 0 Å². The summed E-state index contributed by atoms with van der Waals surface area (Å²) in [5, 5.41) is 0. The van der Waals surface area contributed by atoms with Gasteiger partial charge in [0, 0.05) is 4.47 Å². The summed E-state index contributed by atoms with van der Waals surface area (Å²) >= 11 is 10.8. The molecule has 0 aliphatic heterocycles. The summed E-state index contributed by atoms with van der Waals surface area (Å²) in [6, 6.07) is 7.83.